The normalized spacial score (nSPS) is 11.7. The van der Waals surface area contributed by atoms with Gasteiger partial charge < -0.3 is 4.90 Å². The number of fused-ring (bicyclic) bond motifs is 1. The zero-order chi connectivity index (χ0) is 21.1. The summed E-state index contributed by atoms with van der Waals surface area (Å²) in [5.74, 6) is 0. The van der Waals surface area contributed by atoms with Gasteiger partial charge in [-0.05, 0) is 36.4 Å². The van der Waals surface area contributed by atoms with E-state index in [0.29, 0.717) is 16.8 Å². The molecule has 0 aliphatic carbocycles. The Bertz CT molecular complexity index is 1220. The largest absolute Gasteiger partial charge is 0.377 e. The summed E-state index contributed by atoms with van der Waals surface area (Å²) in [7, 11) is 0.000389. The molecule has 30 heavy (non-hydrogen) atoms. The molecule has 4 aromatic rings. The summed E-state index contributed by atoms with van der Waals surface area (Å²) in [5.41, 5.74) is 2.11. The number of nitrogens with one attached hydrogen (secondary N) is 1. The number of hydrogen-bond donors (Lipinski definition) is 1. The van der Waals surface area contributed by atoms with E-state index in [1.807, 2.05) is 55.4 Å². The van der Waals surface area contributed by atoms with Crippen molar-refractivity contribution in [3.05, 3.63) is 96.6 Å². The van der Waals surface area contributed by atoms with Crippen LogP contribution in [0, 0.1) is 0 Å². The number of aromatic nitrogens is 2. The highest BCUT2D eigenvalue weighted by atomic mass is 32.2. The van der Waals surface area contributed by atoms with Crippen molar-refractivity contribution in [2.75, 3.05) is 19.0 Å². The zero-order valence-electron chi connectivity index (χ0n) is 16.7. The molecule has 152 valence electrons. The van der Waals surface area contributed by atoms with E-state index in [2.05, 4.69) is 14.7 Å². The molecule has 0 aliphatic heterocycles. The number of sulfonamides is 1. The van der Waals surface area contributed by atoms with Crippen LogP contribution in [0.2, 0.25) is 0 Å². The first-order valence-corrected chi connectivity index (χ1v) is 11.0. The molecule has 4 rings (SSSR count). The van der Waals surface area contributed by atoms with E-state index >= 15 is 0 Å². The maximum atomic E-state index is 13.5. The van der Waals surface area contributed by atoms with Gasteiger partial charge in [-0.25, -0.2) is 8.42 Å². The highest BCUT2D eigenvalue weighted by Gasteiger charge is 2.26. The predicted octanol–water partition coefficient (Wildman–Crippen LogP) is 3.76. The highest BCUT2D eigenvalue weighted by Crippen LogP contribution is 2.31. The van der Waals surface area contributed by atoms with Crippen molar-refractivity contribution in [2.24, 2.45) is 0 Å². The second-order valence-corrected chi connectivity index (χ2v) is 8.77. The second-order valence-electron chi connectivity index (χ2n) is 7.09. The maximum Gasteiger partial charge on any atom is 0.242 e. The summed E-state index contributed by atoms with van der Waals surface area (Å²) in [6.07, 6.45) is 3.28. The van der Waals surface area contributed by atoms with E-state index < -0.39 is 16.1 Å². The number of benzene rings is 2. The zero-order valence-corrected chi connectivity index (χ0v) is 17.5. The summed E-state index contributed by atoms with van der Waals surface area (Å²) in [4.78, 5) is 10.9. The Morgan fingerprint density at radius 1 is 0.767 bits per heavy atom. The highest BCUT2D eigenvalue weighted by molar-refractivity contribution is 7.89. The van der Waals surface area contributed by atoms with Crippen LogP contribution in [-0.2, 0) is 10.0 Å². The lowest BCUT2D eigenvalue weighted by Gasteiger charge is -2.20. The lowest BCUT2D eigenvalue weighted by atomic mass is 10.1. The van der Waals surface area contributed by atoms with Gasteiger partial charge in [0.2, 0.25) is 10.0 Å². The molecule has 2 aromatic carbocycles. The van der Waals surface area contributed by atoms with Gasteiger partial charge in [0.1, 0.15) is 6.04 Å². The van der Waals surface area contributed by atoms with E-state index in [0.717, 1.165) is 11.1 Å². The van der Waals surface area contributed by atoms with Gasteiger partial charge in [0.05, 0.1) is 16.3 Å². The fourth-order valence-corrected chi connectivity index (χ4v) is 4.88. The molecule has 0 aliphatic rings. The van der Waals surface area contributed by atoms with Crippen molar-refractivity contribution in [1.29, 1.82) is 0 Å². The van der Waals surface area contributed by atoms with Crippen LogP contribution in [0.25, 0.3) is 10.8 Å². The minimum atomic E-state index is -3.87. The van der Waals surface area contributed by atoms with Crippen LogP contribution in [0.4, 0.5) is 5.69 Å². The van der Waals surface area contributed by atoms with Gasteiger partial charge in [0, 0.05) is 42.9 Å². The Balaban J connectivity index is 1.82. The minimum absolute atomic E-state index is 0.223. The third-order valence-corrected chi connectivity index (χ3v) is 6.35. The van der Waals surface area contributed by atoms with E-state index in [-0.39, 0.29) is 4.90 Å². The maximum absolute atomic E-state index is 13.5. The molecule has 7 heteroatoms. The van der Waals surface area contributed by atoms with Crippen LogP contribution in [0.3, 0.4) is 0 Å². The van der Waals surface area contributed by atoms with Crippen LogP contribution < -0.4 is 9.62 Å². The molecule has 0 fully saturated rings. The van der Waals surface area contributed by atoms with Crippen LogP contribution >= 0.6 is 0 Å². The number of anilines is 1. The first kappa shape index (κ1) is 20.0. The molecule has 1 N–H and O–H groups in total. The van der Waals surface area contributed by atoms with Gasteiger partial charge in [-0.2, -0.15) is 4.72 Å². The van der Waals surface area contributed by atoms with Crippen LogP contribution in [-0.4, -0.2) is 32.5 Å². The summed E-state index contributed by atoms with van der Waals surface area (Å²) in [6, 6.07) is 21.1. The van der Waals surface area contributed by atoms with Crippen LogP contribution in [0.5, 0.6) is 0 Å². The molecular weight excluding hydrogens is 396 g/mol. The summed E-state index contributed by atoms with van der Waals surface area (Å²) >= 11 is 0. The number of rotatable bonds is 6. The van der Waals surface area contributed by atoms with Crippen molar-refractivity contribution in [2.45, 2.75) is 10.9 Å². The van der Waals surface area contributed by atoms with Gasteiger partial charge in [0.25, 0.3) is 0 Å². The third-order valence-electron chi connectivity index (χ3n) is 4.87. The van der Waals surface area contributed by atoms with Crippen molar-refractivity contribution in [3.8, 4) is 0 Å². The van der Waals surface area contributed by atoms with Gasteiger partial charge in [-0.3, -0.25) is 9.97 Å². The fraction of sp³-hybridized carbons (Fsp3) is 0.130. The van der Waals surface area contributed by atoms with Crippen molar-refractivity contribution < 1.29 is 8.42 Å². The molecular formula is C23H22N4O2S. The molecule has 0 bridgehead atoms. The fourth-order valence-electron chi connectivity index (χ4n) is 3.47. The predicted molar refractivity (Wildman–Crippen MR) is 119 cm³/mol. The average molecular weight is 419 g/mol. The van der Waals surface area contributed by atoms with Crippen molar-refractivity contribution >= 4 is 26.5 Å². The second kappa shape index (κ2) is 8.22. The molecule has 6 nitrogen and oxygen atoms in total. The number of nitrogens with zero attached hydrogens (tertiary/aromatic N) is 3. The topological polar surface area (TPSA) is 75.2 Å². The average Bonchev–Trinajstić information content (AvgIpc) is 2.77. The summed E-state index contributed by atoms with van der Waals surface area (Å²) in [6.45, 7) is 0. The summed E-state index contributed by atoms with van der Waals surface area (Å²) in [5, 5.41) is 1.54. The van der Waals surface area contributed by atoms with Gasteiger partial charge in [-0.1, -0.05) is 36.4 Å². The van der Waals surface area contributed by atoms with Gasteiger partial charge >= 0.3 is 0 Å². The lowest BCUT2D eigenvalue weighted by Crippen LogP contribution is -2.30. The minimum Gasteiger partial charge on any atom is -0.377 e. The van der Waals surface area contributed by atoms with E-state index in [9.17, 15) is 8.42 Å². The van der Waals surface area contributed by atoms with Gasteiger partial charge in [0.15, 0.2) is 0 Å². The molecule has 0 amide bonds. The summed E-state index contributed by atoms with van der Waals surface area (Å²) < 4.78 is 29.8. The Morgan fingerprint density at radius 3 is 1.93 bits per heavy atom. The first-order chi connectivity index (χ1) is 14.5. The van der Waals surface area contributed by atoms with E-state index in [1.165, 1.54) is 0 Å². The molecule has 0 unspecified atom stereocenters. The quantitative estimate of drug-likeness (QED) is 0.516. The van der Waals surface area contributed by atoms with E-state index in [4.69, 9.17) is 0 Å². The molecule has 0 saturated carbocycles. The SMILES string of the molecule is CN(C)c1cccc2c(S(=O)(=O)NC(c3ccccn3)c3ccccn3)cccc12. The number of hydrogen-bond acceptors (Lipinski definition) is 5. The van der Waals surface area contributed by atoms with Crippen molar-refractivity contribution in [3.63, 3.8) is 0 Å². The first-order valence-electron chi connectivity index (χ1n) is 9.50. The van der Waals surface area contributed by atoms with Gasteiger partial charge in [-0.15, -0.1) is 0 Å². The molecule has 0 atom stereocenters. The molecule has 0 saturated heterocycles. The molecule has 0 radical (unpaired) electrons. The molecule has 2 heterocycles. The Hall–Kier alpha value is -3.29. The monoisotopic (exact) mass is 418 g/mol. The van der Waals surface area contributed by atoms with Crippen molar-refractivity contribution in [1.82, 2.24) is 14.7 Å². The standard InChI is InChI=1S/C23H22N4O2S/c1-27(2)21-13-7-10-18-17(21)9-8-14-22(18)30(28,29)26-23(19-11-3-5-15-24-19)20-12-4-6-16-25-20/h3-16,23,26H,1-2H3. The van der Waals surface area contributed by atoms with Crippen LogP contribution in [0.15, 0.2) is 90.1 Å². The Kier molecular flexibility index (Phi) is 5.48. The Morgan fingerprint density at radius 2 is 1.37 bits per heavy atom. The molecule has 2 aromatic heterocycles. The Labute approximate surface area is 176 Å². The van der Waals surface area contributed by atoms with Crippen LogP contribution in [0.1, 0.15) is 17.4 Å². The number of pyridine rings is 2. The third kappa shape index (κ3) is 3.90. The van der Waals surface area contributed by atoms with E-state index in [1.54, 1.807) is 48.8 Å². The lowest BCUT2D eigenvalue weighted by molar-refractivity contribution is 0.568. The smallest absolute Gasteiger partial charge is 0.242 e. The molecule has 0 spiro atoms.